The van der Waals surface area contributed by atoms with Gasteiger partial charge in [-0.15, -0.1) is 0 Å². The van der Waals surface area contributed by atoms with E-state index in [1.165, 1.54) is 11.1 Å². The number of aryl methyl sites for hydroxylation is 1. The summed E-state index contributed by atoms with van der Waals surface area (Å²) in [5.74, 6) is -0.831. The van der Waals surface area contributed by atoms with Gasteiger partial charge >= 0.3 is 5.97 Å². The Morgan fingerprint density at radius 2 is 2.12 bits per heavy atom. The fourth-order valence-electron chi connectivity index (χ4n) is 2.45. The molecular weight excluding hydrogens is 214 g/mol. The van der Waals surface area contributed by atoms with Crippen molar-refractivity contribution in [3.63, 3.8) is 0 Å². The molecule has 0 bridgehead atoms. The summed E-state index contributed by atoms with van der Waals surface area (Å²) in [6.07, 6.45) is 0.954. The lowest BCUT2D eigenvalue weighted by molar-refractivity contribution is 0.0696. The van der Waals surface area contributed by atoms with Gasteiger partial charge in [-0.3, -0.25) is 4.90 Å². The van der Waals surface area contributed by atoms with E-state index in [-0.39, 0.29) is 0 Å². The highest BCUT2D eigenvalue weighted by atomic mass is 16.4. The number of carboxylic acids is 1. The molecule has 2 rings (SSSR count). The summed E-state index contributed by atoms with van der Waals surface area (Å²) in [4.78, 5) is 13.4. The predicted molar refractivity (Wildman–Crippen MR) is 67.4 cm³/mol. The molecule has 17 heavy (non-hydrogen) atoms. The summed E-state index contributed by atoms with van der Waals surface area (Å²) in [7, 11) is 0. The van der Waals surface area contributed by atoms with E-state index in [1.54, 1.807) is 6.07 Å². The van der Waals surface area contributed by atoms with Crippen LogP contribution in [0.1, 0.15) is 40.9 Å². The topological polar surface area (TPSA) is 40.5 Å². The molecule has 0 radical (unpaired) electrons. The molecule has 92 valence electrons. The number of benzene rings is 1. The molecule has 1 aliphatic rings. The van der Waals surface area contributed by atoms with E-state index in [0.29, 0.717) is 11.6 Å². The van der Waals surface area contributed by atoms with Crippen LogP contribution < -0.4 is 0 Å². The molecular formula is C14H19NO2. The van der Waals surface area contributed by atoms with Crippen LogP contribution in [-0.4, -0.2) is 28.6 Å². The molecule has 1 aromatic carbocycles. The van der Waals surface area contributed by atoms with Crippen molar-refractivity contribution in [2.24, 2.45) is 0 Å². The van der Waals surface area contributed by atoms with E-state index in [0.717, 1.165) is 25.1 Å². The van der Waals surface area contributed by atoms with Crippen molar-refractivity contribution in [3.8, 4) is 0 Å². The van der Waals surface area contributed by atoms with Gasteiger partial charge in [0.15, 0.2) is 0 Å². The number of hydrogen-bond donors (Lipinski definition) is 1. The van der Waals surface area contributed by atoms with Crippen LogP contribution in [0.15, 0.2) is 12.1 Å². The number of aromatic carboxylic acids is 1. The van der Waals surface area contributed by atoms with Gasteiger partial charge in [-0.25, -0.2) is 4.79 Å². The summed E-state index contributed by atoms with van der Waals surface area (Å²) in [6, 6.07) is 4.16. The fraction of sp³-hybridized carbons (Fsp3) is 0.500. The number of fused-ring (bicyclic) bond motifs is 1. The van der Waals surface area contributed by atoms with Gasteiger partial charge in [0.05, 0.1) is 5.56 Å². The lowest BCUT2D eigenvalue weighted by atomic mass is 9.92. The van der Waals surface area contributed by atoms with Crippen molar-refractivity contribution in [3.05, 3.63) is 34.4 Å². The van der Waals surface area contributed by atoms with Gasteiger partial charge in [0, 0.05) is 19.1 Å². The van der Waals surface area contributed by atoms with Crippen molar-refractivity contribution in [1.82, 2.24) is 4.90 Å². The van der Waals surface area contributed by atoms with Crippen LogP contribution >= 0.6 is 0 Å². The number of nitrogens with zero attached hydrogens (tertiary/aromatic N) is 1. The van der Waals surface area contributed by atoms with Crippen molar-refractivity contribution >= 4 is 5.97 Å². The lowest BCUT2D eigenvalue weighted by Gasteiger charge is -2.33. The minimum Gasteiger partial charge on any atom is -0.478 e. The molecule has 0 saturated carbocycles. The molecule has 0 fully saturated rings. The van der Waals surface area contributed by atoms with Gasteiger partial charge in [0.25, 0.3) is 0 Å². The molecule has 0 atom stereocenters. The second-order valence-corrected chi connectivity index (χ2v) is 5.05. The first-order valence-electron chi connectivity index (χ1n) is 6.08. The summed E-state index contributed by atoms with van der Waals surface area (Å²) >= 11 is 0. The van der Waals surface area contributed by atoms with Crippen LogP contribution in [0.5, 0.6) is 0 Å². The molecule has 1 heterocycles. The molecule has 3 nitrogen and oxygen atoms in total. The summed E-state index contributed by atoms with van der Waals surface area (Å²) in [6.45, 7) is 8.37. The second-order valence-electron chi connectivity index (χ2n) is 5.05. The largest absolute Gasteiger partial charge is 0.478 e. The Morgan fingerprint density at radius 1 is 1.41 bits per heavy atom. The molecule has 0 amide bonds. The Hall–Kier alpha value is -1.35. The zero-order valence-electron chi connectivity index (χ0n) is 10.7. The zero-order valence-corrected chi connectivity index (χ0v) is 10.7. The van der Waals surface area contributed by atoms with E-state index >= 15 is 0 Å². The number of rotatable bonds is 2. The highest BCUT2D eigenvalue weighted by Crippen LogP contribution is 2.25. The first-order valence-corrected chi connectivity index (χ1v) is 6.08. The summed E-state index contributed by atoms with van der Waals surface area (Å²) in [5, 5.41) is 9.04. The van der Waals surface area contributed by atoms with E-state index < -0.39 is 5.97 Å². The standard InChI is InChI=1S/C14H19NO2/c1-9(2)15-5-4-11-7-12(14(16)17)6-10(3)13(11)8-15/h6-7,9H,4-5,8H2,1-3H3,(H,16,17). The highest BCUT2D eigenvalue weighted by Gasteiger charge is 2.21. The van der Waals surface area contributed by atoms with Crippen molar-refractivity contribution in [2.45, 2.75) is 39.8 Å². The minimum atomic E-state index is -0.831. The molecule has 3 heteroatoms. The summed E-state index contributed by atoms with van der Waals surface area (Å²) < 4.78 is 0. The Balaban J connectivity index is 2.37. The quantitative estimate of drug-likeness (QED) is 0.853. The van der Waals surface area contributed by atoms with Gasteiger partial charge < -0.3 is 5.11 Å². The zero-order chi connectivity index (χ0) is 12.6. The van der Waals surface area contributed by atoms with Gasteiger partial charge in [0.1, 0.15) is 0 Å². The van der Waals surface area contributed by atoms with E-state index in [4.69, 9.17) is 5.11 Å². The van der Waals surface area contributed by atoms with Gasteiger partial charge in [0.2, 0.25) is 0 Å². The average Bonchev–Trinajstić information content (AvgIpc) is 2.28. The van der Waals surface area contributed by atoms with E-state index in [9.17, 15) is 4.79 Å². The maximum absolute atomic E-state index is 11.0. The van der Waals surface area contributed by atoms with Gasteiger partial charge in [-0.05, 0) is 56.0 Å². The van der Waals surface area contributed by atoms with Crippen LogP contribution in [0.4, 0.5) is 0 Å². The first kappa shape index (κ1) is 12.1. The van der Waals surface area contributed by atoms with Crippen LogP contribution in [0, 0.1) is 6.92 Å². The third-order valence-electron chi connectivity index (χ3n) is 3.57. The maximum atomic E-state index is 11.0. The normalized spacial score (nSPS) is 16.0. The number of carboxylic acid groups (broad SMARTS) is 1. The number of hydrogen-bond acceptors (Lipinski definition) is 2. The fourth-order valence-corrected chi connectivity index (χ4v) is 2.45. The molecule has 0 aliphatic carbocycles. The third kappa shape index (κ3) is 2.34. The third-order valence-corrected chi connectivity index (χ3v) is 3.57. The second kappa shape index (κ2) is 4.49. The molecule has 0 unspecified atom stereocenters. The molecule has 1 aromatic rings. The van der Waals surface area contributed by atoms with Crippen molar-refractivity contribution in [1.29, 1.82) is 0 Å². The predicted octanol–water partition coefficient (Wildman–Crippen LogP) is 2.46. The van der Waals surface area contributed by atoms with Crippen LogP contribution in [0.2, 0.25) is 0 Å². The molecule has 0 spiro atoms. The van der Waals surface area contributed by atoms with Crippen molar-refractivity contribution < 1.29 is 9.90 Å². The van der Waals surface area contributed by atoms with Crippen LogP contribution in [0.25, 0.3) is 0 Å². The Morgan fingerprint density at radius 3 is 2.71 bits per heavy atom. The first-order chi connectivity index (χ1) is 7.99. The van der Waals surface area contributed by atoms with Crippen molar-refractivity contribution in [2.75, 3.05) is 6.54 Å². The van der Waals surface area contributed by atoms with Gasteiger partial charge in [-0.1, -0.05) is 0 Å². The SMILES string of the molecule is Cc1cc(C(=O)O)cc2c1CN(C(C)C)CC2. The van der Waals surface area contributed by atoms with E-state index in [1.807, 2.05) is 13.0 Å². The smallest absolute Gasteiger partial charge is 0.335 e. The molecule has 0 saturated heterocycles. The molecule has 1 aliphatic heterocycles. The van der Waals surface area contributed by atoms with Gasteiger partial charge in [-0.2, -0.15) is 0 Å². The number of carbonyl (C=O) groups is 1. The highest BCUT2D eigenvalue weighted by molar-refractivity contribution is 5.88. The molecule has 1 N–H and O–H groups in total. The van der Waals surface area contributed by atoms with E-state index in [2.05, 4.69) is 18.7 Å². The van der Waals surface area contributed by atoms with Crippen LogP contribution in [-0.2, 0) is 13.0 Å². The Bertz CT molecular complexity index is 452. The average molecular weight is 233 g/mol. The monoisotopic (exact) mass is 233 g/mol. The maximum Gasteiger partial charge on any atom is 0.335 e. The van der Waals surface area contributed by atoms with Crippen LogP contribution in [0.3, 0.4) is 0 Å². The molecule has 0 aromatic heterocycles. The lowest BCUT2D eigenvalue weighted by Crippen LogP contribution is -2.36. The summed E-state index contributed by atoms with van der Waals surface area (Å²) in [5.41, 5.74) is 4.04. The Labute approximate surface area is 102 Å². The minimum absolute atomic E-state index is 0.416. The Kier molecular flexibility index (Phi) is 3.20.